The first-order valence-electron chi connectivity index (χ1n) is 12.0. The highest BCUT2D eigenvalue weighted by Gasteiger charge is 2.19. The Balaban J connectivity index is 1.88. The molecule has 0 aliphatic carbocycles. The number of hydrogen-bond acceptors (Lipinski definition) is 6. The Morgan fingerprint density at radius 1 is 1.11 bits per heavy atom. The van der Waals surface area contributed by atoms with Gasteiger partial charge in [-0.3, -0.25) is 4.79 Å². The summed E-state index contributed by atoms with van der Waals surface area (Å²) >= 11 is 3.44. The third-order valence-electron chi connectivity index (χ3n) is 6.04. The number of halogens is 1. The van der Waals surface area contributed by atoms with Crippen molar-refractivity contribution >= 4 is 49.8 Å². The molecule has 1 aromatic heterocycles. The van der Waals surface area contributed by atoms with Crippen LogP contribution in [0.1, 0.15) is 51.4 Å². The molecule has 4 aromatic rings. The maximum atomic E-state index is 13.5. The summed E-state index contributed by atoms with van der Waals surface area (Å²) < 4.78 is 13.2. The molecule has 0 aliphatic rings. The Bertz CT molecular complexity index is 1510. The van der Waals surface area contributed by atoms with Crippen molar-refractivity contribution in [3.05, 3.63) is 80.8 Å². The lowest BCUT2D eigenvalue weighted by Crippen LogP contribution is -2.26. The van der Waals surface area contributed by atoms with Crippen LogP contribution in [0.25, 0.3) is 21.7 Å². The van der Waals surface area contributed by atoms with E-state index >= 15 is 0 Å². The van der Waals surface area contributed by atoms with E-state index in [1.165, 1.54) is 4.68 Å². The summed E-state index contributed by atoms with van der Waals surface area (Å²) in [7, 11) is 0. The lowest BCUT2D eigenvalue weighted by atomic mass is 10.0. The highest BCUT2D eigenvalue weighted by molar-refractivity contribution is 9.10. The van der Waals surface area contributed by atoms with Gasteiger partial charge in [0.25, 0.3) is 5.56 Å². The van der Waals surface area contributed by atoms with E-state index in [0.29, 0.717) is 28.0 Å². The number of benzene rings is 3. The largest absolute Gasteiger partial charge is 0.478 e. The van der Waals surface area contributed by atoms with Crippen molar-refractivity contribution in [2.24, 2.45) is 5.10 Å². The number of fused-ring (bicyclic) bond motifs is 2. The molecule has 0 saturated heterocycles. The lowest BCUT2D eigenvalue weighted by Gasteiger charge is -2.17. The van der Waals surface area contributed by atoms with Crippen LogP contribution in [0.2, 0.25) is 0 Å². The second-order valence-corrected chi connectivity index (χ2v) is 9.43. The van der Waals surface area contributed by atoms with Crippen molar-refractivity contribution in [3.63, 3.8) is 0 Å². The number of rotatable bonds is 8. The summed E-state index contributed by atoms with van der Waals surface area (Å²) in [5.41, 5.74) is 1.03. The first-order valence-corrected chi connectivity index (χ1v) is 12.7. The molecule has 0 saturated carbocycles. The Labute approximate surface area is 217 Å². The number of nitrogens with zero attached hydrogens (tertiary/aromatic N) is 3. The minimum absolute atomic E-state index is 0.00923. The molecule has 0 bridgehead atoms. The average molecular weight is 550 g/mol. The number of hydrogen-bond donors (Lipinski definition) is 0. The van der Waals surface area contributed by atoms with Crippen LogP contribution in [0.4, 0.5) is 0 Å². The zero-order valence-electron chi connectivity index (χ0n) is 20.7. The zero-order valence-corrected chi connectivity index (χ0v) is 22.3. The van der Waals surface area contributed by atoms with Gasteiger partial charge in [-0.2, -0.15) is 9.78 Å². The van der Waals surface area contributed by atoms with Gasteiger partial charge in [-0.15, -0.1) is 0 Å². The van der Waals surface area contributed by atoms with Gasteiger partial charge in [-0.25, -0.2) is 9.78 Å². The summed E-state index contributed by atoms with van der Waals surface area (Å²) in [4.78, 5) is 30.5. The summed E-state index contributed by atoms with van der Waals surface area (Å²) in [6.07, 6.45) is 1.59. The van der Waals surface area contributed by atoms with Crippen molar-refractivity contribution in [3.8, 4) is 5.75 Å². The third kappa shape index (κ3) is 5.18. The van der Waals surface area contributed by atoms with Crippen LogP contribution in [-0.4, -0.2) is 34.6 Å². The van der Waals surface area contributed by atoms with Crippen LogP contribution in [0.15, 0.2) is 69.0 Å². The van der Waals surface area contributed by atoms with Gasteiger partial charge in [0.15, 0.2) is 6.10 Å². The number of esters is 1. The van der Waals surface area contributed by atoms with Crippen molar-refractivity contribution < 1.29 is 14.3 Å². The van der Waals surface area contributed by atoms with Crippen LogP contribution in [0, 0.1) is 0 Å². The second kappa shape index (κ2) is 11.0. The highest BCUT2D eigenvalue weighted by atomic mass is 79.9. The second-order valence-electron chi connectivity index (χ2n) is 8.51. The fourth-order valence-electron chi connectivity index (χ4n) is 3.90. The highest BCUT2D eigenvalue weighted by Crippen LogP contribution is 2.28. The summed E-state index contributed by atoms with van der Waals surface area (Å²) in [5.74, 6) is 0.604. The Morgan fingerprint density at radius 2 is 1.89 bits per heavy atom. The summed E-state index contributed by atoms with van der Waals surface area (Å²) in [5, 5.41) is 6.96. The van der Waals surface area contributed by atoms with Crippen molar-refractivity contribution in [2.45, 2.75) is 46.1 Å². The van der Waals surface area contributed by atoms with E-state index in [1.807, 2.05) is 56.3 Å². The molecule has 7 nitrogen and oxygen atoms in total. The molecule has 36 heavy (non-hydrogen) atoms. The van der Waals surface area contributed by atoms with E-state index in [2.05, 4.69) is 21.0 Å². The molecule has 0 spiro atoms. The Hall–Kier alpha value is -3.52. The molecule has 0 amide bonds. The van der Waals surface area contributed by atoms with Gasteiger partial charge in [-0.05, 0) is 55.3 Å². The van der Waals surface area contributed by atoms with Crippen molar-refractivity contribution in [1.82, 2.24) is 9.66 Å². The molecule has 3 aromatic carbocycles. The number of carbonyl (C=O) groups excluding carboxylic acids is 1. The minimum Gasteiger partial charge on any atom is -0.478 e. The smallest absolute Gasteiger partial charge is 0.347 e. The van der Waals surface area contributed by atoms with Crippen LogP contribution in [0.3, 0.4) is 0 Å². The molecule has 0 radical (unpaired) electrons. The Morgan fingerprint density at radius 3 is 2.64 bits per heavy atom. The van der Waals surface area contributed by atoms with Crippen LogP contribution >= 0.6 is 15.9 Å². The molecule has 0 fully saturated rings. The predicted molar refractivity (Wildman–Crippen MR) is 146 cm³/mol. The molecule has 0 N–H and O–H groups in total. The van der Waals surface area contributed by atoms with E-state index in [9.17, 15) is 9.59 Å². The SMILES string of the molecule is CCOC(=O)[C@H](C)Oc1ccc2ccccc2c1C=Nn1c([C@@H](C)CC)nc2ccc(Br)cc2c1=O. The van der Waals surface area contributed by atoms with Gasteiger partial charge in [0.1, 0.15) is 11.6 Å². The van der Waals surface area contributed by atoms with Crippen molar-refractivity contribution in [2.75, 3.05) is 6.61 Å². The van der Waals surface area contributed by atoms with E-state index in [0.717, 1.165) is 21.7 Å². The molecular formula is C28H28BrN3O4. The van der Waals surface area contributed by atoms with Gasteiger partial charge in [0.2, 0.25) is 0 Å². The number of carbonyl (C=O) groups is 1. The van der Waals surface area contributed by atoms with Crippen LogP contribution in [0.5, 0.6) is 5.75 Å². The van der Waals surface area contributed by atoms with Crippen molar-refractivity contribution in [1.29, 1.82) is 0 Å². The van der Waals surface area contributed by atoms with Gasteiger partial charge in [-0.1, -0.05) is 60.1 Å². The van der Waals surface area contributed by atoms with Gasteiger partial charge in [0, 0.05) is 16.0 Å². The van der Waals surface area contributed by atoms with Crippen LogP contribution in [-0.2, 0) is 9.53 Å². The molecular weight excluding hydrogens is 522 g/mol. The number of ether oxygens (including phenoxy) is 2. The molecule has 186 valence electrons. The monoisotopic (exact) mass is 549 g/mol. The first kappa shape index (κ1) is 25.6. The first-order chi connectivity index (χ1) is 17.3. The maximum Gasteiger partial charge on any atom is 0.347 e. The normalized spacial score (nSPS) is 13.2. The van der Waals surface area contributed by atoms with E-state index in [-0.39, 0.29) is 18.1 Å². The average Bonchev–Trinajstić information content (AvgIpc) is 2.88. The molecule has 4 rings (SSSR count). The zero-order chi connectivity index (χ0) is 25.8. The maximum absolute atomic E-state index is 13.5. The van der Waals surface area contributed by atoms with E-state index in [1.54, 1.807) is 32.2 Å². The summed E-state index contributed by atoms with van der Waals surface area (Å²) in [6, 6.07) is 17.0. The minimum atomic E-state index is -0.809. The molecule has 2 atom stereocenters. The van der Waals surface area contributed by atoms with E-state index in [4.69, 9.17) is 14.5 Å². The quantitative estimate of drug-likeness (QED) is 0.197. The molecule has 1 heterocycles. The van der Waals surface area contributed by atoms with Gasteiger partial charge in [0.05, 0.1) is 23.7 Å². The van der Waals surface area contributed by atoms with Gasteiger partial charge < -0.3 is 9.47 Å². The lowest BCUT2D eigenvalue weighted by molar-refractivity contribution is -0.150. The van der Waals surface area contributed by atoms with Crippen LogP contribution < -0.4 is 10.3 Å². The predicted octanol–water partition coefficient (Wildman–Crippen LogP) is 6.04. The van der Waals surface area contributed by atoms with E-state index < -0.39 is 12.1 Å². The summed E-state index contributed by atoms with van der Waals surface area (Å²) in [6.45, 7) is 7.73. The topological polar surface area (TPSA) is 82.8 Å². The number of aromatic nitrogens is 2. The fourth-order valence-corrected chi connectivity index (χ4v) is 4.27. The standard InChI is InChI=1S/C28H28BrN3O4/c1-5-17(3)26-31-24-13-12-20(29)15-22(24)27(33)32(26)30-16-23-21-10-8-7-9-19(21)11-14-25(23)36-18(4)28(34)35-6-2/h7-18H,5-6H2,1-4H3/t17-,18-/m0/s1. The fraction of sp³-hybridized carbons (Fsp3) is 0.286. The molecule has 0 unspecified atom stereocenters. The Kier molecular flexibility index (Phi) is 7.84. The molecule has 0 aliphatic heterocycles. The van der Waals surface area contributed by atoms with Gasteiger partial charge >= 0.3 is 5.97 Å². The molecule has 8 heteroatoms. The third-order valence-corrected chi connectivity index (χ3v) is 6.54.